The highest BCUT2D eigenvalue weighted by molar-refractivity contribution is 8.01. The molecule has 1 fully saturated rings. The van der Waals surface area contributed by atoms with E-state index in [0.717, 1.165) is 35.6 Å². The molecule has 2 aliphatic rings. The Hall–Kier alpha value is -2.02. The third-order valence-corrected chi connectivity index (χ3v) is 7.43. The van der Waals surface area contributed by atoms with E-state index in [1.165, 1.54) is 11.8 Å². The number of halogens is 1. The smallest absolute Gasteiger partial charge is 0.241 e. The number of amides is 2. The molecular formula is C23H25ClN2O3S. The van der Waals surface area contributed by atoms with Crippen molar-refractivity contribution in [2.45, 2.75) is 42.6 Å². The fraction of sp³-hybridized carbons (Fsp3) is 0.391. The SMILES string of the molecule is C[C@H](C(=O)NC[C@H]1CCCO1)[C@H]1Sc2ccccc2N(Cc2ccccc2Cl)C1=O. The first-order chi connectivity index (χ1) is 14.5. The number of nitrogens with zero attached hydrogens (tertiary/aromatic N) is 1. The number of hydrogen-bond acceptors (Lipinski definition) is 4. The highest BCUT2D eigenvalue weighted by Gasteiger charge is 2.39. The summed E-state index contributed by atoms with van der Waals surface area (Å²) in [5.74, 6) is -0.655. The van der Waals surface area contributed by atoms with Gasteiger partial charge in [0.15, 0.2) is 0 Å². The van der Waals surface area contributed by atoms with Crippen LogP contribution >= 0.6 is 23.4 Å². The van der Waals surface area contributed by atoms with E-state index >= 15 is 0 Å². The number of ether oxygens (including phenoxy) is 1. The predicted octanol–water partition coefficient (Wildman–Crippen LogP) is 4.28. The summed E-state index contributed by atoms with van der Waals surface area (Å²) < 4.78 is 5.58. The molecule has 2 amide bonds. The van der Waals surface area contributed by atoms with E-state index in [1.54, 1.807) is 4.90 Å². The molecule has 7 heteroatoms. The minimum atomic E-state index is -0.494. The fourth-order valence-corrected chi connectivity index (χ4v) is 5.31. The van der Waals surface area contributed by atoms with Crippen molar-refractivity contribution in [2.24, 2.45) is 5.92 Å². The van der Waals surface area contributed by atoms with Crippen molar-refractivity contribution in [1.29, 1.82) is 0 Å². The van der Waals surface area contributed by atoms with Gasteiger partial charge in [-0.1, -0.05) is 48.9 Å². The van der Waals surface area contributed by atoms with Crippen LogP contribution in [0.4, 0.5) is 5.69 Å². The van der Waals surface area contributed by atoms with E-state index in [4.69, 9.17) is 16.3 Å². The van der Waals surface area contributed by atoms with Crippen LogP contribution < -0.4 is 10.2 Å². The third kappa shape index (κ3) is 4.51. The van der Waals surface area contributed by atoms with Crippen LogP contribution in [0.15, 0.2) is 53.4 Å². The van der Waals surface area contributed by atoms with E-state index in [1.807, 2.05) is 55.5 Å². The zero-order chi connectivity index (χ0) is 21.1. The van der Waals surface area contributed by atoms with Gasteiger partial charge in [0.05, 0.1) is 24.3 Å². The minimum absolute atomic E-state index is 0.0709. The molecule has 2 aliphatic heterocycles. The number of carbonyl (C=O) groups is 2. The summed E-state index contributed by atoms with van der Waals surface area (Å²) in [5.41, 5.74) is 1.74. The molecule has 0 aromatic heterocycles. The molecule has 0 unspecified atom stereocenters. The second-order valence-electron chi connectivity index (χ2n) is 7.69. The molecule has 1 N–H and O–H groups in total. The number of fused-ring (bicyclic) bond motifs is 1. The summed E-state index contributed by atoms with van der Waals surface area (Å²) >= 11 is 7.81. The van der Waals surface area contributed by atoms with Gasteiger partial charge < -0.3 is 15.0 Å². The summed E-state index contributed by atoms with van der Waals surface area (Å²) in [5, 5.41) is 3.10. The Morgan fingerprint density at radius 3 is 2.80 bits per heavy atom. The van der Waals surface area contributed by atoms with Crippen molar-refractivity contribution in [2.75, 3.05) is 18.1 Å². The Kier molecular flexibility index (Phi) is 6.66. The first-order valence-electron chi connectivity index (χ1n) is 10.2. The number of thioether (sulfide) groups is 1. The number of rotatable bonds is 6. The summed E-state index contributed by atoms with van der Waals surface area (Å²) in [4.78, 5) is 29.0. The van der Waals surface area contributed by atoms with Crippen LogP contribution in [0.2, 0.25) is 5.02 Å². The van der Waals surface area contributed by atoms with Crippen molar-refractivity contribution in [1.82, 2.24) is 5.32 Å². The molecule has 4 rings (SSSR count). The van der Waals surface area contributed by atoms with E-state index in [2.05, 4.69) is 5.32 Å². The van der Waals surface area contributed by atoms with Crippen LogP contribution in [0.1, 0.15) is 25.3 Å². The zero-order valence-corrected chi connectivity index (χ0v) is 18.4. The van der Waals surface area contributed by atoms with E-state index in [0.29, 0.717) is 18.1 Å². The molecule has 30 heavy (non-hydrogen) atoms. The number of anilines is 1. The van der Waals surface area contributed by atoms with Crippen LogP contribution in [0.3, 0.4) is 0 Å². The summed E-state index contributed by atoms with van der Waals surface area (Å²) in [6.07, 6.45) is 2.07. The number of para-hydroxylation sites is 1. The van der Waals surface area contributed by atoms with Gasteiger partial charge in [-0.2, -0.15) is 0 Å². The van der Waals surface area contributed by atoms with Crippen LogP contribution in [0, 0.1) is 5.92 Å². The third-order valence-electron chi connectivity index (χ3n) is 5.60. The maximum Gasteiger partial charge on any atom is 0.241 e. The molecule has 158 valence electrons. The minimum Gasteiger partial charge on any atom is -0.376 e. The van der Waals surface area contributed by atoms with Gasteiger partial charge in [-0.25, -0.2) is 0 Å². The molecule has 0 radical (unpaired) electrons. The largest absolute Gasteiger partial charge is 0.376 e. The second kappa shape index (κ2) is 9.41. The maximum atomic E-state index is 13.5. The van der Waals surface area contributed by atoms with Crippen molar-refractivity contribution in [3.63, 3.8) is 0 Å². The van der Waals surface area contributed by atoms with Crippen molar-refractivity contribution in [3.8, 4) is 0 Å². The molecule has 5 nitrogen and oxygen atoms in total. The zero-order valence-electron chi connectivity index (χ0n) is 16.8. The quantitative estimate of drug-likeness (QED) is 0.722. The van der Waals surface area contributed by atoms with Gasteiger partial charge in [0.2, 0.25) is 11.8 Å². The van der Waals surface area contributed by atoms with E-state index in [-0.39, 0.29) is 17.9 Å². The normalized spacial score (nSPS) is 21.9. The number of hydrogen-bond donors (Lipinski definition) is 1. The average molecular weight is 445 g/mol. The van der Waals surface area contributed by atoms with Gasteiger partial charge in [0, 0.05) is 23.1 Å². The topological polar surface area (TPSA) is 58.6 Å². The van der Waals surface area contributed by atoms with Crippen LogP contribution in [0.5, 0.6) is 0 Å². The van der Waals surface area contributed by atoms with E-state index in [9.17, 15) is 9.59 Å². The van der Waals surface area contributed by atoms with Crippen LogP contribution in [-0.2, 0) is 20.9 Å². The number of benzene rings is 2. The Labute approximate surface area is 186 Å². The molecule has 0 saturated carbocycles. The number of nitrogens with one attached hydrogen (secondary N) is 1. The first-order valence-corrected chi connectivity index (χ1v) is 11.5. The highest BCUT2D eigenvalue weighted by atomic mass is 35.5. The Morgan fingerprint density at radius 1 is 1.27 bits per heavy atom. The van der Waals surface area contributed by atoms with Crippen molar-refractivity contribution in [3.05, 3.63) is 59.1 Å². The monoisotopic (exact) mass is 444 g/mol. The lowest BCUT2D eigenvalue weighted by atomic mass is 10.0. The molecule has 1 saturated heterocycles. The lowest BCUT2D eigenvalue weighted by molar-refractivity contribution is -0.128. The van der Waals surface area contributed by atoms with Gasteiger partial charge in [-0.15, -0.1) is 11.8 Å². The molecule has 0 aliphatic carbocycles. The molecule has 0 spiro atoms. The highest BCUT2D eigenvalue weighted by Crippen LogP contribution is 2.42. The summed E-state index contributed by atoms with van der Waals surface area (Å²) in [6, 6.07) is 15.3. The molecule has 2 heterocycles. The van der Waals surface area contributed by atoms with Crippen LogP contribution in [0.25, 0.3) is 0 Å². The van der Waals surface area contributed by atoms with E-state index < -0.39 is 11.2 Å². The molecule has 2 aromatic rings. The molecular weight excluding hydrogens is 420 g/mol. The van der Waals surface area contributed by atoms with Gasteiger partial charge in [-0.05, 0) is 36.6 Å². The molecule has 3 atom stereocenters. The molecule has 0 bridgehead atoms. The van der Waals surface area contributed by atoms with Gasteiger partial charge in [-0.3, -0.25) is 9.59 Å². The lowest BCUT2D eigenvalue weighted by Gasteiger charge is -2.36. The Bertz CT molecular complexity index is 932. The van der Waals surface area contributed by atoms with Crippen LogP contribution in [-0.4, -0.2) is 36.3 Å². The Morgan fingerprint density at radius 2 is 2.03 bits per heavy atom. The average Bonchev–Trinajstić information content (AvgIpc) is 3.28. The lowest BCUT2D eigenvalue weighted by Crippen LogP contribution is -2.48. The molecule has 2 aromatic carbocycles. The summed E-state index contributed by atoms with van der Waals surface area (Å²) in [6.45, 7) is 3.44. The predicted molar refractivity (Wildman–Crippen MR) is 120 cm³/mol. The van der Waals surface area contributed by atoms with Crippen molar-refractivity contribution >= 4 is 40.9 Å². The van der Waals surface area contributed by atoms with Gasteiger partial charge in [0.25, 0.3) is 0 Å². The van der Waals surface area contributed by atoms with Crippen molar-refractivity contribution < 1.29 is 14.3 Å². The maximum absolute atomic E-state index is 13.5. The first kappa shape index (κ1) is 21.2. The summed E-state index contributed by atoms with van der Waals surface area (Å²) in [7, 11) is 0. The fourth-order valence-electron chi connectivity index (χ4n) is 3.83. The second-order valence-corrected chi connectivity index (χ2v) is 9.28. The Balaban J connectivity index is 1.53. The number of carbonyl (C=O) groups excluding carboxylic acids is 2. The van der Waals surface area contributed by atoms with Gasteiger partial charge in [0.1, 0.15) is 5.25 Å². The standard InChI is InChI=1S/C23H25ClN2O3S/c1-15(22(27)25-13-17-8-6-12-29-17)21-23(28)26(14-16-7-2-3-9-18(16)24)19-10-4-5-11-20(19)30-21/h2-5,7,9-11,15,17,21H,6,8,12-14H2,1H3,(H,25,27)/t15-,17+,21+/m0/s1. The van der Waals surface area contributed by atoms with Gasteiger partial charge >= 0.3 is 0 Å².